The summed E-state index contributed by atoms with van der Waals surface area (Å²) in [5.41, 5.74) is 1.08. The first kappa shape index (κ1) is 20.6. The average Bonchev–Trinajstić information content (AvgIpc) is 2.96. The van der Waals surface area contributed by atoms with Crippen molar-refractivity contribution in [1.29, 1.82) is 0 Å². The Labute approximate surface area is 173 Å². The minimum absolute atomic E-state index is 0.00744. The van der Waals surface area contributed by atoms with E-state index in [0.29, 0.717) is 9.23 Å². The van der Waals surface area contributed by atoms with Crippen LogP contribution in [0.3, 0.4) is 0 Å². The number of hydrogen-bond acceptors (Lipinski definition) is 5. The molecule has 0 atom stereocenters. The minimum atomic E-state index is -3.30. The molecular formula is C18H20Cl2N2O3S2. The molecule has 1 N–H and O–H groups in total. The van der Waals surface area contributed by atoms with Crippen LogP contribution in [0.1, 0.15) is 41.7 Å². The normalized spacial score (nSPS) is 20.4. The lowest BCUT2D eigenvalue weighted by atomic mass is 9.87. The van der Waals surface area contributed by atoms with Crippen LogP contribution in [-0.4, -0.2) is 30.5 Å². The molecule has 1 aliphatic rings. The fraction of sp³-hybridized carbons (Fsp3) is 0.444. The van der Waals surface area contributed by atoms with Gasteiger partial charge in [0, 0.05) is 6.04 Å². The average molecular weight is 447 g/mol. The lowest BCUT2D eigenvalue weighted by Gasteiger charge is -2.28. The Kier molecular flexibility index (Phi) is 6.46. The summed E-state index contributed by atoms with van der Waals surface area (Å²) in [6.07, 6.45) is 2.97. The molecule has 1 aromatic heterocycles. The van der Waals surface area contributed by atoms with E-state index in [4.69, 9.17) is 23.2 Å². The van der Waals surface area contributed by atoms with Crippen molar-refractivity contribution in [2.24, 2.45) is 5.92 Å². The Bertz CT molecular complexity index is 936. The van der Waals surface area contributed by atoms with E-state index in [2.05, 4.69) is 9.69 Å². The van der Waals surface area contributed by atoms with Gasteiger partial charge in [-0.15, -0.1) is 0 Å². The number of carbonyl (C=O) groups is 1. The fourth-order valence-electron chi connectivity index (χ4n) is 3.34. The first-order valence-electron chi connectivity index (χ1n) is 8.67. The zero-order chi connectivity index (χ0) is 19.6. The second-order valence-corrected chi connectivity index (χ2v) is 10.7. The standard InChI is InChI=1S/C18H20Cl2N2O3S2/c1-11-3-2-4-14(9-11)27(24,25)10-12-5-7-13(8-6-12)21-18(23)16-15(19)17(20)26-22-16/h2-4,9,12-13H,5-8,10H2,1H3,(H,21,23). The first-order valence-corrected chi connectivity index (χ1v) is 11.9. The van der Waals surface area contributed by atoms with Gasteiger partial charge in [-0.2, -0.15) is 4.37 Å². The topological polar surface area (TPSA) is 76.1 Å². The van der Waals surface area contributed by atoms with Gasteiger partial charge < -0.3 is 5.32 Å². The van der Waals surface area contributed by atoms with E-state index in [1.807, 2.05) is 13.0 Å². The maximum Gasteiger partial charge on any atom is 0.272 e. The highest BCUT2D eigenvalue weighted by Crippen LogP contribution is 2.31. The zero-order valence-corrected chi connectivity index (χ0v) is 17.9. The maximum atomic E-state index is 12.6. The van der Waals surface area contributed by atoms with Gasteiger partial charge in [-0.05, 0) is 67.8 Å². The molecule has 0 radical (unpaired) electrons. The lowest BCUT2D eigenvalue weighted by Crippen LogP contribution is -2.38. The van der Waals surface area contributed by atoms with Gasteiger partial charge >= 0.3 is 0 Å². The molecule has 1 heterocycles. The van der Waals surface area contributed by atoms with Gasteiger partial charge in [0.05, 0.1) is 10.6 Å². The predicted octanol–water partition coefficient (Wildman–Crippen LogP) is 4.52. The molecule has 0 saturated heterocycles. The predicted molar refractivity (Wildman–Crippen MR) is 109 cm³/mol. The summed E-state index contributed by atoms with van der Waals surface area (Å²) >= 11 is 12.8. The molecule has 0 spiro atoms. The fourth-order valence-corrected chi connectivity index (χ4v) is 6.14. The third-order valence-electron chi connectivity index (χ3n) is 4.80. The highest BCUT2D eigenvalue weighted by atomic mass is 35.5. The van der Waals surface area contributed by atoms with Crippen molar-refractivity contribution < 1.29 is 13.2 Å². The van der Waals surface area contributed by atoms with Gasteiger partial charge in [-0.1, -0.05) is 35.3 Å². The van der Waals surface area contributed by atoms with Gasteiger partial charge in [0.2, 0.25) is 0 Å². The molecule has 3 rings (SSSR count). The molecule has 0 unspecified atom stereocenters. The van der Waals surface area contributed by atoms with Crippen molar-refractivity contribution >= 4 is 50.5 Å². The Morgan fingerprint density at radius 1 is 1.26 bits per heavy atom. The number of aryl methyl sites for hydroxylation is 1. The van der Waals surface area contributed by atoms with Crippen LogP contribution in [0, 0.1) is 12.8 Å². The van der Waals surface area contributed by atoms with E-state index in [0.717, 1.165) is 42.8 Å². The second kappa shape index (κ2) is 8.47. The number of hydrogen-bond donors (Lipinski definition) is 1. The van der Waals surface area contributed by atoms with Crippen LogP contribution in [0.25, 0.3) is 0 Å². The van der Waals surface area contributed by atoms with E-state index in [1.54, 1.807) is 18.2 Å². The SMILES string of the molecule is Cc1cccc(S(=O)(=O)CC2CCC(NC(=O)c3nsc(Cl)c3Cl)CC2)c1. The number of rotatable bonds is 5. The number of nitrogens with one attached hydrogen (secondary N) is 1. The van der Waals surface area contributed by atoms with Gasteiger partial charge in [0.15, 0.2) is 15.5 Å². The van der Waals surface area contributed by atoms with Crippen LogP contribution in [-0.2, 0) is 9.84 Å². The number of amides is 1. The van der Waals surface area contributed by atoms with Gasteiger partial charge in [-0.3, -0.25) is 4.79 Å². The summed E-state index contributed by atoms with van der Waals surface area (Å²) < 4.78 is 29.5. The number of halogens is 2. The molecule has 2 aromatic rings. The summed E-state index contributed by atoms with van der Waals surface area (Å²) in [5.74, 6) is -0.0927. The molecule has 27 heavy (non-hydrogen) atoms. The summed E-state index contributed by atoms with van der Waals surface area (Å²) in [6, 6.07) is 7.01. The Morgan fingerprint density at radius 3 is 2.56 bits per heavy atom. The van der Waals surface area contributed by atoms with Crippen molar-refractivity contribution in [2.75, 3.05) is 5.75 Å². The Balaban J connectivity index is 1.54. The van der Waals surface area contributed by atoms with Crippen LogP contribution in [0.5, 0.6) is 0 Å². The van der Waals surface area contributed by atoms with Crippen molar-refractivity contribution in [3.8, 4) is 0 Å². The summed E-state index contributed by atoms with van der Waals surface area (Å²) in [6.45, 7) is 1.88. The number of sulfone groups is 1. The van der Waals surface area contributed by atoms with E-state index >= 15 is 0 Å². The smallest absolute Gasteiger partial charge is 0.272 e. The summed E-state index contributed by atoms with van der Waals surface area (Å²) in [7, 11) is -3.30. The van der Waals surface area contributed by atoms with Crippen LogP contribution in [0.4, 0.5) is 0 Å². The van der Waals surface area contributed by atoms with Crippen molar-refractivity contribution in [3.63, 3.8) is 0 Å². The third-order valence-corrected chi connectivity index (χ3v) is 8.29. The van der Waals surface area contributed by atoms with Crippen molar-refractivity contribution in [1.82, 2.24) is 9.69 Å². The molecule has 1 amide bonds. The van der Waals surface area contributed by atoms with Crippen LogP contribution < -0.4 is 5.32 Å². The van der Waals surface area contributed by atoms with E-state index in [1.165, 1.54) is 0 Å². The molecule has 0 aliphatic heterocycles. The lowest BCUT2D eigenvalue weighted by molar-refractivity contribution is 0.0919. The number of benzene rings is 1. The monoisotopic (exact) mass is 446 g/mol. The van der Waals surface area contributed by atoms with Crippen LogP contribution in [0.2, 0.25) is 9.36 Å². The van der Waals surface area contributed by atoms with E-state index in [9.17, 15) is 13.2 Å². The molecule has 0 bridgehead atoms. The highest BCUT2D eigenvalue weighted by molar-refractivity contribution is 7.91. The van der Waals surface area contributed by atoms with Gasteiger partial charge in [0.1, 0.15) is 9.36 Å². The number of carbonyl (C=O) groups excluding carboxylic acids is 1. The molecule has 5 nitrogen and oxygen atoms in total. The van der Waals surface area contributed by atoms with Crippen LogP contribution >= 0.6 is 34.7 Å². The van der Waals surface area contributed by atoms with Gasteiger partial charge in [0.25, 0.3) is 5.91 Å². The molecule has 1 aliphatic carbocycles. The molecule has 146 valence electrons. The van der Waals surface area contributed by atoms with Crippen molar-refractivity contribution in [3.05, 3.63) is 44.9 Å². The third kappa shape index (κ3) is 5.02. The van der Waals surface area contributed by atoms with E-state index < -0.39 is 9.84 Å². The summed E-state index contributed by atoms with van der Waals surface area (Å²) in [5, 5.41) is 3.10. The Hall–Kier alpha value is -1.15. The molecule has 1 aromatic carbocycles. The molecule has 1 saturated carbocycles. The van der Waals surface area contributed by atoms with E-state index in [-0.39, 0.29) is 34.3 Å². The molecular weight excluding hydrogens is 427 g/mol. The zero-order valence-electron chi connectivity index (χ0n) is 14.7. The van der Waals surface area contributed by atoms with Gasteiger partial charge in [-0.25, -0.2) is 8.42 Å². The molecule has 1 fully saturated rings. The highest BCUT2D eigenvalue weighted by Gasteiger charge is 2.28. The minimum Gasteiger partial charge on any atom is -0.348 e. The quantitative estimate of drug-likeness (QED) is 0.731. The number of aromatic nitrogens is 1. The Morgan fingerprint density at radius 2 is 1.96 bits per heavy atom. The largest absolute Gasteiger partial charge is 0.348 e. The number of nitrogens with zero attached hydrogens (tertiary/aromatic N) is 1. The van der Waals surface area contributed by atoms with Crippen molar-refractivity contribution in [2.45, 2.75) is 43.5 Å². The maximum absolute atomic E-state index is 12.6. The molecule has 9 heteroatoms. The second-order valence-electron chi connectivity index (χ2n) is 6.91. The first-order chi connectivity index (χ1) is 12.8. The summed E-state index contributed by atoms with van der Waals surface area (Å²) in [4.78, 5) is 12.7. The van der Waals surface area contributed by atoms with Crippen LogP contribution in [0.15, 0.2) is 29.2 Å².